The van der Waals surface area contributed by atoms with E-state index in [4.69, 9.17) is 21.7 Å². The molecular formula is C25H26ClFN6. The number of benzene rings is 1. The molecule has 33 heavy (non-hydrogen) atoms. The van der Waals surface area contributed by atoms with Crippen LogP contribution < -0.4 is 5.32 Å². The number of fused-ring (bicyclic) bond motifs is 3. The molecule has 2 aliphatic carbocycles. The van der Waals surface area contributed by atoms with Gasteiger partial charge in [0, 0.05) is 22.3 Å². The van der Waals surface area contributed by atoms with E-state index in [2.05, 4.69) is 29.4 Å². The van der Waals surface area contributed by atoms with Crippen molar-refractivity contribution in [3.8, 4) is 11.3 Å². The summed E-state index contributed by atoms with van der Waals surface area (Å²) in [6.45, 7) is 8.23. The number of aromatic nitrogens is 5. The molecule has 3 atom stereocenters. The zero-order valence-electron chi connectivity index (χ0n) is 18.9. The Morgan fingerprint density at radius 1 is 1.21 bits per heavy atom. The highest BCUT2D eigenvalue weighted by molar-refractivity contribution is 6.35. The molecule has 2 N–H and O–H groups in total. The van der Waals surface area contributed by atoms with Crippen molar-refractivity contribution < 1.29 is 4.39 Å². The molecule has 0 radical (unpaired) electrons. The summed E-state index contributed by atoms with van der Waals surface area (Å²) in [7, 11) is 0. The molecule has 6 nitrogen and oxygen atoms in total. The number of pyridine rings is 1. The summed E-state index contributed by atoms with van der Waals surface area (Å²) in [5, 5.41) is 18.0. The highest BCUT2D eigenvalue weighted by atomic mass is 35.5. The molecule has 7 rings (SSSR count). The molecule has 1 unspecified atom stereocenters. The predicted octanol–water partition coefficient (Wildman–Crippen LogP) is 5.47. The van der Waals surface area contributed by atoms with Crippen molar-refractivity contribution in [1.29, 1.82) is 0 Å². The average Bonchev–Trinajstić information content (AvgIpc) is 3.56. The molecule has 1 aromatic carbocycles. The van der Waals surface area contributed by atoms with Gasteiger partial charge in [-0.15, -0.1) is 0 Å². The number of aromatic amines is 1. The third kappa shape index (κ3) is 2.72. The van der Waals surface area contributed by atoms with Gasteiger partial charge in [-0.2, -0.15) is 10.2 Å². The molecular weight excluding hydrogens is 439 g/mol. The first-order valence-corrected chi connectivity index (χ1v) is 12.3. The molecule has 4 heterocycles. The Labute approximate surface area is 195 Å². The normalized spacial score (nSPS) is 24.4. The van der Waals surface area contributed by atoms with E-state index in [1.807, 2.05) is 17.7 Å². The van der Waals surface area contributed by atoms with Crippen LogP contribution in [0.1, 0.15) is 61.5 Å². The van der Waals surface area contributed by atoms with Crippen molar-refractivity contribution in [2.75, 3.05) is 13.1 Å². The van der Waals surface area contributed by atoms with Gasteiger partial charge >= 0.3 is 0 Å². The third-order valence-corrected chi connectivity index (χ3v) is 8.28. The Balaban J connectivity index is 1.56. The van der Waals surface area contributed by atoms with Crippen molar-refractivity contribution in [2.24, 2.45) is 11.8 Å². The summed E-state index contributed by atoms with van der Waals surface area (Å²) >= 11 is 6.79. The highest BCUT2D eigenvalue weighted by Gasteiger charge is 2.56. The van der Waals surface area contributed by atoms with Crippen LogP contribution in [0.5, 0.6) is 0 Å². The molecule has 3 fully saturated rings. The van der Waals surface area contributed by atoms with Gasteiger partial charge in [0.25, 0.3) is 0 Å². The van der Waals surface area contributed by atoms with E-state index in [1.165, 1.54) is 0 Å². The summed E-state index contributed by atoms with van der Waals surface area (Å²) in [5.41, 5.74) is 5.18. The Kier molecular flexibility index (Phi) is 4.08. The summed E-state index contributed by atoms with van der Waals surface area (Å²) in [6.07, 6.45) is 3.79. The molecule has 1 aliphatic heterocycles. The summed E-state index contributed by atoms with van der Waals surface area (Å²) in [5.74, 6) is 1.42. The van der Waals surface area contributed by atoms with Gasteiger partial charge in [-0.1, -0.05) is 25.4 Å². The molecule has 3 aromatic heterocycles. The lowest BCUT2D eigenvalue weighted by atomic mass is 9.97. The number of hydrogen-bond donors (Lipinski definition) is 2. The van der Waals surface area contributed by atoms with Gasteiger partial charge in [0.15, 0.2) is 5.82 Å². The van der Waals surface area contributed by atoms with E-state index in [0.29, 0.717) is 39.6 Å². The van der Waals surface area contributed by atoms with Crippen molar-refractivity contribution in [3.63, 3.8) is 0 Å². The van der Waals surface area contributed by atoms with Gasteiger partial charge in [0.2, 0.25) is 0 Å². The lowest BCUT2D eigenvalue weighted by Gasteiger charge is -2.15. The molecule has 0 bridgehead atoms. The molecule has 3 aliphatic rings. The number of hydrogen-bond acceptors (Lipinski definition) is 4. The standard InChI is InChI=1S/C25H26ClFN6/c1-10(2)22-19-23(17-13-7-28-8-14(13)17)32-33(12-4-5-12)25(19)21(27)24(30-22)18-15-9-29-31-16(15)6-11(3)20(18)26/h6,9-10,12-14,17,28H,4-5,7-8H2,1-3H3,(H,29,31)/t13-,14+,17?. The van der Waals surface area contributed by atoms with Crippen LogP contribution in [-0.2, 0) is 0 Å². The maximum atomic E-state index is 16.6. The Bertz CT molecular complexity index is 1440. The Hall–Kier alpha value is -2.51. The Morgan fingerprint density at radius 3 is 2.67 bits per heavy atom. The van der Waals surface area contributed by atoms with Crippen LogP contribution >= 0.6 is 11.6 Å². The second kappa shape index (κ2) is 6.76. The first-order valence-electron chi connectivity index (χ1n) is 11.9. The second-order valence-corrected chi connectivity index (χ2v) is 10.7. The first kappa shape index (κ1) is 19.9. The summed E-state index contributed by atoms with van der Waals surface area (Å²) < 4.78 is 18.5. The zero-order chi connectivity index (χ0) is 22.6. The lowest BCUT2D eigenvalue weighted by molar-refractivity contribution is 0.593. The average molecular weight is 465 g/mol. The Morgan fingerprint density at radius 2 is 1.97 bits per heavy atom. The molecule has 1 saturated heterocycles. The van der Waals surface area contributed by atoms with Crippen LogP contribution in [-0.4, -0.2) is 38.1 Å². The molecule has 0 spiro atoms. The summed E-state index contributed by atoms with van der Waals surface area (Å²) in [4.78, 5) is 4.99. The van der Waals surface area contributed by atoms with Gasteiger partial charge in [-0.3, -0.25) is 9.78 Å². The fraction of sp³-hybridized carbons (Fsp3) is 0.480. The van der Waals surface area contributed by atoms with Crippen LogP contribution in [0.2, 0.25) is 5.02 Å². The second-order valence-electron chi connectivity index (χ2n) is 10.3. The fourth-order valence-corrected chi connectivity index (χ4v) is 6.15. The number of piperidine rings is 1. The van der Waals surface area contributed by atoms with Crippen LogP contribution in [0.4, 0.5) is 4.39 Å². The number of nitrogens with zero attached hydrogens (tertiary/aromatic N) is 4. The van der Waals surface area contributed by atoms with Crippen LogP contribution in [0.15, 0.2) is 12.3 Å². The van der Waals surface area contributed by atoms with E-state index in [9.17, 15) is 0 Å². The van der Waals surface area contributed by atoms with Crippen molar-refractivity contribution in [2.45, 2.75) is 51.5 Å². The minimum atomic E-state index is -0.320. The van der Waals surface area contributed by atoms with Crippen LogP contribution in [0.3, 0.4) is 0 Å². The van der Waals surface area contributed by atoms with Gasteiger partial charge in [-0.05, 0) is 62.2 Å². The minimum Gasteiger partial charge on any atom is -0.316 e. The van der Waals surface area contributed by atoms with E-state index in [0.717, 1.165) is 59.2 Å². The monoisotopic (exact) mass is 464 g/mol. The third-order valence-electron chi connectivity index (χ3n) is 7.79. The fourth-order valence-electron chi connectivity index (χ4n) is 5.91. The smallest absolute Gasteiger partial charge is 0.175 e. The molecule has 0 amide bonds. The largest absolute Gasteiger partial charge is 0.316 e. The van der Waals surface area contributed by atoms with E-state index in [1.54, 1.807) is 6.20 Å². The van der Waals surface area contributed by atoms with Crippen molar-refractivity contribution in [3.05, 3.63) is 40.1 Å². The zero-order valence-corrected chi connectivity index (χ0v) is 19.7. The van der Waals surface area contributed by atoms with Crippen molar-refractivity contribution in [1.82, 2.24) is 30.3 Å². The van der Waals surface area contributed by atoms with E-state index < -0.39 is 0 Å². The van der Waals surface area contributed by atoms with E-state index >= 15 is 4.39 Å². The van der Waals surface area contributed by atoms with Gasteiger partial charge in [0.05, 0.1) is 34.2 Å². The maximum absolute atomic E-state index is 16.6. The number of H-pyrrole nitrogens is 1. The van der Waals surface area contributed by atoms with Gasteiger partial charge in [-0.25, -0.2) is 9.37 Å². The SMILES string of the molecule is Cc1cc2[nH]ncc2c(-c2nc(C(C)C)c3c(C4[C@H]5CNC[C@@H]45)nn(C4CC4)c3c2F)c1Cl. The molecule has 4 aromatic rings. The predicted molar refractivity (Wildman–Crippen MR) is 127 cm³/mol. The number of aryl methyl sites for hydroxylation is 1. The topological polar surface area (TPSA) is 71.4 Å². The van der Waals surface area contributed by atoms with Crippen LogP contribution in [0.25, 0.3) is 33.1 Å². The molecule has 2 saturated carbocycles. The number of nitrogens with one attached hydrogen (secondary N) is 2. The minimum absolute atomic E-state index is 0.127. The van der Waals surface area contributed by atoms with Crippen molar-refractivity contribution >= 4 is 33.4 Å². The summed E-state index contributed by atoms with van der Waals surface area (Å²) in [6, 6.07) is 2.21. The molecule has 8 heteroatoms. The lowest BCUT2D eigenvalue weighted by Crippen LogP contribution is -2.14. The number of halogens is 2. The number of rotatable bonds is 4. The maximum Gasteiger partial charge on any atom is 0.175 e. The van der Waals surface area contributed by atoms with Gasteiger partial charge < -0.3 is 5.32 Å². The van der Waals surface area contributed by atoms with Gasteiger partial charge in [0.1, 0.15) is 11.2 Å². The van der Waals surface area contributed by atoms with E-state index in [-0.39, 0.29) is 17.8 Å². The molecule has 170 valence electrons. The highest BCUT2D eigenvalue weighted by Crippen LogP contribution is 2.58. The quantitative estimate of drug-likeness (QED) is 0.420. The first-order chi connectivity index (χ1) is 16.0. The van der Waals surface area contributed by atoms with Crippen LogP contribution in [0, 0.1) is 24.6 Å².